The molecule has 0 amide bonds. The molecule has 0 aliphatic carbocycles. The second-order valence-electron chi connectivity index (χ2n) is 14.6. The molecule has 0 bridgehead atoms. The van der Waals surface area contributed by atoms with E-state index in [4.69, 9.17) is 0 Å². The second-order valence-corrected chi connectivity index (χ2v) is 14.6. The van der Waals surface area contributed by atoms with Gasteiger partial charge in [0.2, 0.25) is 0 Å². The Kier molecular flexibility index (Phi) is 31.7. The van der Waals surface area contributed by atoms with Crippen molar-refractivity contribution in [3.8, 4) is 0 Å². The lowest BCUT2D eigenvalue weighted by atomic mass is 10.0. The molecule has 0 fully saturated rings. The number of nitrogens with zero attached hydrogens (tertiary/aromatic N) is 2. The van der Waals surface area contributed by atoms with Crippen LogP contribution in [0, 0.1) is 0 Å². The van der Waals surface area contributed by atoms with Gasteiger partial charge in [0.1, 0.15) is 6.17 Å². The number of unbranched alkanes of at least 4 members (excludes halogenated alkanes) is 30. The third-order valence-corrected chi connectivity index (χ3v) is 10.3. The van der Waals surface area contributed by atoms with Gasteiger partial charge in [-0.05, 0) is 25.7 Å². The van der Waals surface area contributed by atoms with Crippen molar-refractivity contribution in [2.75, 3.05) is 13.1 Å². The highest BCUT2D eigenvalue weighted by atomic mass is 15.4. The zero-order valence-corrected chi connectivity index (χ0v) is 31.1. The Morgan fingerprint density at radius 3 is 0.795 bits per heavy atom. The van der Waals surface area contributed by atoms with Gasteiger partial charge >= 0.3 is 0 Å². The fraction of sp³-hybridized carbons (Fsp3) is 0.952. The van der Waals surface area contributed by atoms with Crippen molar-refractivity contribution in [3.05, 3.63) is 12.4 Å². The van der Waals surface area contributed by atoms with Gasteiger partial charge in [-0.2, -0.15) is 0 Å². The van der Waals surface area contributed by atoms with Crippen LogP contribution in [0.3, 0.4) is 0 Å². The average molecular weight is 617 g/mol. The first-order chi connectivity index (χ1) is 21.8. The third-order valence-electron chi connectivity index (χ3n) is 10.3. The van der Waals surface area contributed by atoms with Crippen LogP contribution in [0.25, 0.3) is 0 Å². The van der Waals surface area contributed by atoms with Gasteiger partial charge in [0.25, 0.3) is 0 Å². The molecule has 0 aromatic rings. The molecule has 1 heterocycles. The van der Waals surface area contributed by atoms with Crippen molar-refractivity contribution in [3.63, 3.8) is 0 Å². The average Bonchev–Trinajstić information content (AvgIpc) is 3.42. The lowest BCUT2D eigenvalue weighted by Gasteiger charge is -2.33. The first-order valence-electron chi connectivity index (χ1n) is 21.0. The minimum Gasteiger partial charge on any atom is -0.356 e. The van der Waals surface area contributed by atoms with E-state index >= 15 is 0 Å². The Bertz CT molecular complexity index is 572. The van der Waals surface area contributed by atoms with Gasteiger partial charge in [0, 0.05) is 25.5 Å². The molecular weight excluding hydrogens is 532 g/mol. The Balaban J connectivity index is 2.13. The Hall–Kier alpha value is -0.660. The summed E-state index contributed by atoms with van der Waals surface area (Å²) in [6, 6.07) is 0. The summed E-state index contributed by atoms with van der Waals surface area (Å²) in [6.07, 6.45) is 54.4. The molecule has 0 spiro atoms. The van der Waals surface area contributed by atoms with Crippen LogP contribution in [0.15, 0.2) is 12.4 Å². The topological polar surface area (TPSA) is 6.48 Å². The van der Waals surface area contributed by atoms with Crippen LogP contribution >= 0.6 is 0 Å². The van der Waals surface area contributed by atoms with Crippen LogP contribution in [0.4, 0.5) is 0 Å². The molecule has 0 radical (unpaired) electrons. The summed E-state index contributed by atoms with van der Waals surface area (Å²) in [5.41, 5.74) is 0. The van der Waals surface area contributed by atoms with Crippen molar-refractivity contribution < 1.29 is 0 Å². The highest BCUT2D eigenvalue weighted by Gasteiger charge is 2.24. The van der Waals surface area contributed by atoms with Gasteiger partial charge in [-0.25, -0.2) is 0 Å². The lowest BCUT2D eigenvalue weighted by molar-refractivity contribution is 0.135. The summed E-state index contributed by atoms with van der Waals surface area (Å²) < 4.78 is 0. The van der Waals surface area contributed by atoms with Crippen LogP contribution in [-0.4, -0.2) is 29.1 Å². The van der Waals surface area contributed by atoms with E-state index in [9.17, 15) is 0 Å². The fourth-order valence-electron chi connectivity index (χ4n) is 7.25. The van der Waals surface area contributed by atoms with E-state index in [1.165, 1.54) is 231 Å². The summed E-state index contributed by atoms with van der Waals surface area (Å²) in [6.45, 7) is 9.48. The van der Waals surface area contributed by atoms with E-state index in [-0.39, 0.29) is 0 Å². The Morgan fingerprint density at radius 1 is 0.295 bits per heavy atom. The molecule has 2 heteroatoms. The number of rotatable bonds is 36. The van der Waals surface area contributed by atoms with Gasteiger partial charge < -0.3 is 9.80 Å². The van der Waals surface area contributed by atoms with Crippen molar-refractivity contribution in [1.29, 1.82) is 0 Å². The van der Waals surface area contributed by atoms with Crippen molar-refractivity contribution in [2.24, 2.45) is 0 Å². The molecule has 44 heavy (non-hydrogen) atoms. The number of hydrogen-bond donors (Lipinski definition) is 0. The molecular formula is C42H84N2. The molecule has 0 saturated carbocycles. The Labute approximate surface area is 280 Å². The van der Waals surface area contributed by atoms with Crippen LogP contribution in [0.5, 0.6) is 0 Å². The van der Waals surface area contributed by atoms with Crippen LogP contribution in [0.2, 0.25) is 0 Å². The van der Waals surface area contributed by atoms with Gasteiger partial charge in [-0.15, -0.1) is 0 Å². The first-order valence-corrected chi connectivity index (χ1v) is 21.0. The van der Waals surface area contributed by atoms with Crippen molar-refractivity contribution in [1.82, 2.24) is 9.80 Å². The third kappa shape index (κ3) is 25.5. The van der Waals surface area contributed by atoms with Gasteiger partial charge in [-0.1, -0.05) is 213 Å². The monoisotopic (exact) mass is 617 g/mol. The predicted molar refractivity (Wildman–Crippen MR) is 200 cm³/mol. The van der Waals surface area contributed by atoms with Crippen LogP contribution < -0.4 is 0 Å². The van der Waals surface area contributed by atoms with Crippen LogP contribution in [-0.2, 0) is 0 Å². The standard InChI is InChI=1S/C42H84N2/c1-4-7-10-13-16-18-20-21-22-23-24-25-26-27-29-31-34-37-42-43(38-35-32-15-12-9-6-3)40-41-44(42)39-36-33-30-28-19-17-14-11-8-5-2/h40-42H,4-39H2,1-3H3. The fourth-order valence-corrected chi connectivity index (χ4v) is 7.25. The van der Waals surface area contributed by atoms with Gasteiger partial charge in [0.15, 0.2) is 0 Å². The molecule has 0 aromatic carbocycles. The molecule has 0 saturated heterocycles. The molecule has 2 nitrogen and oxygen atoms in total. The van der Waals surface area contributed by atoms with E-state index < -0.39 is 0 Å². The minimum absolute atomic E-state index is 0.639. The SMILES string of the molecule is CCCCCCCCCCCCCCCCCCCC1N(CCCCCCCC)C=CN1CCCCCCCCCCCC. The zero-order chi connectivity index (χ0) is 31.6. The van der Waals surface area contributed by atoms with E-state index in [1.54, 1.807) is 0 Å². The second kappa shape index (κ2) is 33.7. The van der Waals surface area contributed by atoms with E-state index in [1.807, 2.05) is 0 Å². The van der Waals surface area contributed by atoms with Gasteiger partial charge in [-0.3, -0.25) is 0 Å². The van der Waals surface area contributed by atoms with Crippen molar-refractivity contribution in [2.45, 2.75) is 245 Å². The predicted octanol–water partition coefficient (Wildman–Crippen LogP) is 14.7. The highest BCUT2D eigenvalue weighted by Crippen LogP contribution is 2.24. The maximum absolute atomic E-state index is 2.72. The first kappa shape index (κ1) is 41.4. The van der Waals surface area contributed by atoms with E-state index in [2.05, 4.69) is 43.0 Å². The maximum atomic E-state index is 2.72. The maximum Gasteiger partial charge on any atom is 0.101 e. The highest BCUT2D eigenvalue weighted by molar-refractivity contribution is 4.97. The molecule has 1 unspecified atom stereocenters. The van der Waals surface area contributed by atoms with Crippen LogP contribution in [0.1, 0.15) is 239 Å². The minimum atomic E-state index is 0.639. The molecule has 0 N–H and O–H groups in total. The normalized spacial score (nSPS) is 14.8. The molecule has 1 rings (SSSR count). The largest absolute Gasteiger partial charge is 0.356 e. The summed E-state index contributed by atoms with van der Waals surface area (Å²) in [7, 11) is 0. The van der Waals surface area contributed by atoms with Crippen molar-refractivity contribution >= 4 is 0 Å². The lowest BCUT2D eigenvalue weighted by Crippen LogP contribution is -2.39. The molecule has 262 valence electrons. The quantitative estimate of drug-likeness (QED) is 0.0646. The molecule has 1 aliphatic rings. The summed E-state index contributed by atoms with van der Waals surface area (Å²) >= 11 is 0. The van der Waals surface area contributed by atoms with Gasteiger partial charge in [0.05, 0.1) is 0 Å². The summed E-state index contributed by atoms with van der Waals surface area (Å²) in [4.78, 5) is 5.43. The Morgan fingerprint density at radius 2 is 0.523 bits per heavy atom. The number of hydrogen-bond acceptors (Lipinski definition) is 2. The molecule has 1 atom stereocenters. The van der Waals surface area contributed by atoms with E-state index in [0.29, 0.717) is 6.17 Å². The zero-order valence-electron chi connectivity index (χ0n) is 31.1. The molecule has 1 aliphatic heterocycles. The molecule has 0 aromatic heterocycles. The van der Waals surface area contributed by atoms with E-state index in [0.717, 1.165) is 0 Å². The summed E-state index contributed by atoms with van der Waals surface area (Å²) in [5, 5.41) is 0. The smallest absolute Gasteiger partial charge is 0.101 e. The summed E-state index contributed by atoms with van der Waals surface area (Å²) in [5.74, 6) is 0.